The van der Waals surface area contributed by atoms with Crippen LogP contribution in [0.2, 0.25) is 0 Å². The summed E-state index contributed by atoms with van der Waals surface area (Å²) in [5.74, 6) is -3.03. The van der Waals surface area contributed by atoms with Crippen molar-refractivity contribution in [3.63, 3.8) is 0 Å². The fourth-order valence-electron chi connectivity index (χ4n) is 6.54. The first kappa shape index (κ1) is 41.2. The van der Waals surface area contributed by atoms with Gasteiger partial charge in [-0.3, -0.25) is 28.8 Å². The Morgan fingerprint density at radius 2 is 1.71 bits per heavy atom. The predicted molar refractivity (Wildman–Crippen MR) is 211 cm³/mol. The summed E-state index contributed by atoms with van der Waals surface area (Å²) in [4.78, 5) is 93.3. The molecule has 0 unspecified atom stereocenters. The second-order valence-electron chi connectivity index (χ2n) is 14.6. The molecule has 5 aromatic rings. The smallest absolute Gasteiger partial charge is 0.271 e. The van der Waals surface area contributed by atoms with E-state index in [-0.39, 0.29) is 43.5 Å². The van der Waals surface area contributed by atoms with E-state index in [4.69, 9.17) is 4.74 Å². The molecule has 0 fully saturated rings. The number of nitrogens with zero attached hydrogens (tertiary/aromatic N) is 8. The van der Waals surface area contributed by atoms with Gasteiger partial charge in [0.1, 0.15) is 29.1 Å². The van der Waals surface area contributed by atoms with Gasteiger partial charge in [0.05, 0.1) is 19.1 Å². The lowest BCUT2D eigenvalue weighted by Gasteiger charge is -2.28. The number of likely N-dealkylation sites (N-methyl/N-ethyl adjacent to an activating group) is 2. The maximum atomic E-state index is 14.0. The number of benzene rings is 1. The van der Waals surface area contributed by atoms with E-state index in [0.717, 1.165) is 16.5 Å². The Kier molecular flexibility index (Phi) is 12.9. The van der Waals surface area contributed by atoms with Crippen molar-refractivity contribution < 1.29 is 33.5 Å². The van der Waals surface area contributed by atoms with Gasteiger partial charge in [-0.1, -0.05) is 32.0 Å². The van der Waals surface area contributed by atoms with Crippen molar-refractivity contribution in [1.29, 1.82) is 0 Å². The van der Waals surface area contributed by atoms with Gasteiger partial charge >= 0.3 is 0 Å². The zero-order valence-corrected chi connectivity index (χ0v) is 33.6. The molecule has 19 nitrogen and oxygen atoms in total. The van der Waals surface area contributed by atoms with Gasteiger partial charge in [0.25, 0.3) is 11.8 Å². The van der Waals surface area contributed by atoms with Crippen LogP contribution in [-0.4, -0.2) is 139 Å². The van der Waals surface area contributed by atoms with Gasteiger partial charge < -0.3 is 40.4 Å². The molecule has 0 saturated carbocycles. The Hall–Kier alpha value is -6.44. The second-order valence-corrected chi connectivity index (χ2v) is 15.5. The molecular formula is C38H46N12O7S. The lowest BCUT2D eigenvalue weighted by molar-refractivity contribution is -0.140. The van der Waals surface area contributed by atoms with E-state index in [1.165, 1.54) is 64.0 Å². The number of carbonyl (C=O) groups is 6. The molecule has 3 atom stereocenters. The standard InChI is InChI=1S/C38H46N12O7S/c1-22(2)14-27-36-44-29(20-58-36)35(54)43-28(15-24-16-39-26-9-7-6-8-25(24)26)38(56)48(5)17-31(51)41-23(3)37(55)47(4)12-13-49(18-32(52)42-27)34(53)19-57-33-11-10-30-45-40-21-50(30)46-33/h6-11,16,20-23,27-28,39H,12-15,17-19H2,1-5H3,(H,41,51)(H,42,52)(H,43,54)/t23-,27-,28+/m0/s1. The molecule has 6 amide bonds. The number of hydrogen-bond acceptors (Lipinski definition) is 12. The highest BCUT2D eigenvalue weighted by molar-refractivity contribution is 7.09. The SMILES string of the molecule is CC(C)C[C@@H]1NC(=O)CN(C(=O)COc2ccc3nncn3n2)CCN(C)C(=O)[C@H](C)NC(=O)CN(C)C(=O)[C@@H](Cc2c[nH]c3ccccc23)NC(=O)c2csc1n2. The van der Waals surface area contributed by atoms with E-state index in [2.05, 4.69) is 41.2 Å². The number of carbonyl (C=O) groups excluding carboxylic acids is 6. The molecule has 0 aliphatic carbocycles. The lowest BCUT2D eigenvalue weighted by Crippen LogP contribution is -2.53. The quantitative estimate of drug-likeness (QED) is 0.181. The van der Waals surface area contributed by atoms with E-state index in [1.54, 1.807) is 17.6 Å². The first-order chi connectivity index (χ1) is 27.7. The van der Waals surface area contributed by atoms with E-state index in [9.17, 15) is 28.8 Å². The molecular weight excluding hydrogens is 769 g/mol. The first-order valence-corrected chi connectivity index (χ1v) is 19.6. The number of ether oxygens (including phenoxy) is 1. The van der Waals surface area contributed by atoms with Crippen LogP contribution in [0.3, 0.4) is 0 Å². The van der Waals surface area contributed by atoms with Gasteiger partial charge in [-0.2, -0.15) is 4.52 Å². The van der Waals surface area contributed by atoms with Crippen LogP contribution < -0.4 is 20.7 Å². The van der Waals surface area contributed by atoms with Crippen LogP contribution in [0.4, 0.5) is 0 Å². The lowest BCUT2D eigenvalue weighted by atomic mass is 10.0. The molecule has 2 bridgehead atoms. The van der Waals surface area contributed by atoms with E-state index in [0.29, 0.717) is 17.1 Å². The zero-order valence-electron chi connectivity index (χ0n) is 32.8. The van der Waals surface area contributed by atoms with Crippen molar-refractivity contribution in [2.75, 3.05) is 46.9 Å². The average Bonchev–Trinajstić information content (AvgIpc) is 3.97. The van der Waals surface area contributed by atoms with Crippen molar-refractivity contribution in [2.24, 2.45) is 5.92 Å². The summed E-state index contributed by atoms with van der Waals surface area (Å²) in [6, 6.07) is 8.03. The third kappa shape index (κ3) is 10.1. The average molecular weight is 815 g/mol. The number of aromatic nitrogens is 6. The number of H-pyrrole nitrogens is 1. The highest BCUT2D eigenvalue weighted by Crippen LogP contribution is 2.25. The molecule has 1 aromatic carbocycles. The summed E-state index contributed by atoms with van der Waals surface area (Å²) < 4.78 is 7.06. The summed E-state index contributed by atoms with van der Waals surface area (Å²) >= 11 is 1.18. The Balaban J connectivity index is 1.26. The maximum absolute atomic E-state index is 14.0. The van der Waals surface area contributed by atoms with E-state index in [1.807, 2.05) is 38.1 Å². The van der Waals surface area contributed by atoms with E-state index >= 15 is 0 Å². The number of rotatable bonds is 7. The van der Waals surface area contributed by atoms with Gasteiger partial charge in [-0.25, -0.2) is 4.98 Å². The minimum absolute atomic E-state index is 0.00985. The van der Waals surface area contributed by atoms with Crippen LogP contribution in [0.25, 0.3) is 16.6 Å². The number of para-hydroxylation sites is 1. The van der Waals surface area contributed by atoms with Gasteiger partial charge in [0, 0.05) is 62.2 Å². The molecule has 4 N–H and O–H groups in total. The number of hydrogen-bond donors (Lipinski definition) is 4. The molecule has 6 rings (SSSR count). The van der Waals surface area contributed by atoms with Gasteiger partial charge in [-0.05, 0) is 37.0 Å². The fourth-order valence-corrected chi connectivity index (χ4v) is 7.40. The molecule has 5 heterocycles. The van der Waals surface area contributed by atoms with Crippen LogP contribution >= 0.6 is 11.3 Å². The highest BCUT2D eigenvalue weighted by Gasteiger charge is 2.30. The predicted octanol–water partition coefficient (Wildman–Crippen LogP) is 0.949. The topological polar surface area (TPSA) is 229 Å². The molecule has 1 aliphatic rings. The Morgan fingerprint density at radius 1 is 0.931 bits per heavy atom. The Bertz CT molecular complexity index is 2300. The molecule has 0 saturated heterocycles. The van der Waals surface area contributed by atoms with E-state index < -0.39 is 66.7 Å². The molecule has 0 spiro atoms. The number of fused-ring (bicyclic) bond motifs is 4. The van der Waals surface area contributed by atoms with Gasteiger partial charge in [0.15, 0.2) is 12.3 Å². The van der Waals surface area contributed by atoms with Crippen molar-refractivity contribution in [1.82, 2.24) is 60.4 Å². The Morgan fingerprint density at radius 3 is 2.50 bits per heavy atom. The summed E-state index contributed by atoms with van der Waals surface area (Å²) in [5.41, 5.74) is 2.17. The molecule has 0 radical (unpaired) electrons. The third-order valence-electron chi connectivity index (χ3n) is 9.55. The summed E-state index contributed by atoms with van der Waals surface area (Å²) in [5, 5.41) is 23.3. The highest BCUT2D eigenvalue weighted by atomic mass is 32.1. The minimum atomic E-state index is -1.09. The van der Waals surface area contributed by atoms with Crippen LogP contribution in [0.1, 0.15) is 54.3 Å². The number of thiazole rings is 1. The largest absolute Gasteiger partial charge is 0.467 e. The van der Waals surface area contributed by atoms with Crippen LogP contribution in [0.15, 0.2) is 54.3 Å². The number of nitrogens with one attached hydrogen (secondary N) is 4. The van der Waals surface area contributed by atoms with Gasteiger partial charge in [0.2, 0.25) is 29.5 Å². The number of aromatic amines is 1. The molecule has 4 aromatic heterocycles. The fraction of sp³-hybridized carbons (Fsp3) is 0.421. The number of amides is 6. The second kappa shape index (κ2) is 18.2. The normalized spacial score (nSPS) is 19.6. The van der Waals surface area contributed by atoms with Crippen molar-refractivity contribution in [3.05, 3.63) is 70.6 Å². The minimum Gasteiger partial charge on any atom is -0.467 e. The summed E-state index contributed by atoms with van der Waals surface area (Å²) in [6.07, 6.45) is 3.74. The van der Waals surface area contributed by atoms with Crippen LogP contribution in [0.5, 0.6) is 5.88 Å². The zero-order chi connectivity index (χ0) is 41.5. The van der Waals surface area contributed by atoms with Crippen molar-refractivity contribution >= 4 is 63.3 Å². The molecule has 58 heavy (non-hydrogen) atoms. The van der Waals surface area contributed by atoms with Gasteiger partial charge in [-0.15, -0.1) is 26.6 Å². The third-order valence-corrected chi connectivity index (χ3v) is 10.5. The molecule has 20 heteroatoms. The van der Waals surface area contributed by atoms with Crippen LogP contribution in [-0.2, 0) is 30.4 Å². The van der Waals surface area contributed by atoms with Crippen molar-refractivity contribution in [3.8, 4) is 5.88 Å². The van der Waals surface area contributed by atoms with Crippen LogP contribution in [0, 0.1) is 5.92 Å². The monoisotopic (exact) mass is 814 g/mol. The van der Waals surface area contributed by atoms with Crippen molar-refractivity contribution in [2.45, 2.75) is 51.7 Å². The maximum Gasteiger partial charge on any atom is 0.271 e. The molecule has 1 aliphatic heterocycles. The first-order valence-electron chi connectivity index (χ1n) is 18.7. The summed E-state index contributed by atoms with van der Waals surface area (Å²) in [7, 11) is 2.97. The summed E-state index contributed by atoms with van der Waals surface area (Å²) in [6.45, 7) is 4.18. The Labute approximate surface area is 337 Å². The molecule has 306 valence electrons.